The number of nitrogens with one attached hydrogen (secondary N) is 2. The zero-order valence-corrected chi connectivity index (χ0v) is 12.7. The highest BCUT2D eigenvalue weighted by atomic mass is 16.5. The molecule has 2 rings (SSSR count). The maximum Gasteiger partial charge on any atom is 0.221 e. The molecule has 6 nitrogen and oxygen atoms in total. The Labute approximate surface area is 124 Å². The zero-order chi connectivity index (χ0) is 15.2. The minimum absolute atomic E-state index is 0.0810. The first kappa shape index (κ1) is 15.3. The average molecular weight is 294 g/mol. The van der Waals surface area contributed by atoms with Crippen LogP contribution in [0.15, 0.2) is 12.1 Å². The summed E-state index contributed by atoms with van der Waals surface area (Å²) in [6.07, 6.45) is 2.64. The summed E-state index contributed by atoms with van der Waals surface area (Å²) in [5, 5.41) is 6.15. The molecule has 1 aromatic rings. The van der Waals surface area contributed by atoms with Gasteiger partial charge in [-0.15, -0.1) is 0 Å². The number of anilines is 1. The van der Waals surface area contributed by atoms with Crippen molar-refractivity contribution in [3.05, 3.63) is 12.1 Å². The third-order valence-corrected chi connectivity index (χ3v) is 3.29. The van der Waals surface area contributed by atoms with Crippen molar-refractivity contribution in [2.24, 2.45) is 0 Å². The Hall–Kier alpha value is -2.11. The molecule has 1 fully saturated rings. The summed E-state index contributed by atoms with van der Waals surface area (Å²) < 4.78 is 15.8. The quantitative estimate of drug-likeness (QED) is 0.765. The van der Waals surface area contributed by atoms with Crippen molar-refractivity contribution in [1.82, 2.24) is 5.32 Å². The molecule has 1 saturated carbocycles. The number of carbonyl (C=O) groups excluding carboxylic acids is 1. The van der Waals surface area contributed by atoms with Crippen LogP contribution in [0, 0.1) is 0 Å². The van der Waals surface area contributed by atoms with Crippen LogP contribution in [0.4, 0.5) is 5.69 Å². The van der Waals surface area contributed by atoms with E-state index in [0.29, 0.717) is 36.3 Å². The molecule has 1 amide bonds. The lowest BCUT2D eigenvalue weighted by molar-refractivity contribution is -0.120. The van der Waals surface area contributed by atoms with E-state index in [1.807, 2.05) is 12.1 Å². The molecule has 2 N–H and O–H groups in total. The Kier molecular flexibility index (Phi) is 5.14. The van der Waals surface area contributed by atoms with Crippen LogP contribution < -0.4 is 24.8 Å². The van der Waals surface area contributed by atoms with Crippen LogP contribution in [-0.2, 0) is 4.79 Å². The van der Waals surface area contributed by atoms with Gasteiger partial charge >= 0.3 is 0 Å². The number of rotatable bonds is 8. The van der Waals surface area contributed by atoms with E-state index >= 15 is 0 Å². The van der Waals surface area contributed by atoms with Gasteiger partial charge in [0.1, 0.15) is 0 Å². The molecule has 1 aliphatic carbocycles. The van der Waals surface area contributed by atoms with Gasteiger partial charge in [-0.2, -0.15) is 0 Å². The van der Waals surface area contributed by atoms with E-state index in [2.05, 4.69) is 10.6 Å². The summed E-state index contributed by atoms with van der Waals surface area (Å²) in [6, 6.07) is 4.04. The fraction of sp³-hybridized carbons (Fsp3) is 0.533. The SMILES string of the molecule is COc1cc(NCCC(=O)NC2CC2)cc(OC)c1OC. The van der Waals surface area contributed by atoms with Crippen molar-refractivity contribution < 1.29 is 19.0 Å². The van der Waals surface area contributed by atoms with Gasteiger partial charge in [0.05, 0.1) is 21.3 Å². The average Bonchev–Trinajstić information content (AvgIpc) is 3.29. The molecule has 0 unspecified atom stereocenters. The normalized spacial score (nSPS) is 13.5. The van der Waals surface area contributed by atoms with E-state index in [-0.39, 0.29) is 5.91 Å². The molecule has 6 heteroatoms. The van der Waals surface area contributed by atoms with Gasteiger partial charge in [0.2, 0.25) is 11.7 Å². The molecular formula is C15H22N2O4. The molecule has 0 radical (unpaired) electrons. The number of hydrogen-bond acceptors (Lipinski definition) is 5. The monoisotopic (exact) mass is 294 g/mol. The molecular weight excluding hydrogens is 272 g/mol. The topological polar surface area (TPSA) is 68.8 Å². The second-order valence-corrected chi connectivity index (χ2v) is 4.93. The van der Waals surface area contributed by atoms with E-state index in [4.69, 9.17) is 14.2 Å². The maximum absolute atomic E-state index is 11.6. The Balaban J connectivity index is 1.93. The van der Waals surface area contributed by atoms with Gasteiger partial charge in [0, 0.05) is 36.8 Å². The van der Waals surface area contributed by atoms with Crippen molar-refractivity contribution in [3.8, 4) is 17.2 Å². The summed E-state index contributed by atoms with van der Waals surface area (Å²) in [7, 11) is 4.71. The fourth-order valence-electron chi connectivity index (χ4n) is 2.03. The van der Waals surface area contributed by atoms with Gasteiger partial charge in [-0.25, -0.2) is 0 Å². The van der Waals surface area contributed by atoms with Crippen molar-refractivity contribution in [3.63, 3.8) is 0 Å². The molecule has 1 aromatic carbocycles. The molecule has 0 aromatic heterocycles. The number of benzene rings is 1. The molecule has 21 heavy (non-hydrogen) atoms. The minimum atomic E-state index is 0.0810. The van der Waals surface area contributed by atoms with Gasteiger partial charge in [0.15, 0.2) is 11.5 Å². The fourth-order valence-corrected chi connectivity index (χ4v) is 2.03. The van der Waals surface area contributed by atoms with Crippen LogP contribution in [0.5, 0.6) is 17.2 Å². The van der Waals surface area contributed by atoms with Crippen LogP contribution in [0.1, 0.15) is 19.3 Å². The van der Waals surface area contributed by atoms with E-state index in [1.54, 1.807) is 21.3 Å². The van der Waals surface area contributed by atoms with Crippen LogP contribution in [0.3, 0.4) is 0 Å². The molecule has 0 aliphatic heterocycles. The Morgan fingerprint density at radius 3 is 2.24 bits per heavy atom. The number of carbonyl (C=O) groups is 1. The summed E-state index contributed by atoms with van der Waals surface area (Å²) in [5.41, 5.74) is 0.823. The predicted molar refractivity (Wildman–Crippen MR) is 80.4 cm³/mol. The largest absolute Gasteiger partial charge is 0.493 e. The van der Waals surface area contributed by atoms with E-state index in [1.165, 1.54) is 0 Å². The van der Waals surface area contributed by atoms with Gasteiger partial charge < -0.3 is 24.8 Å². The summed E-state index contributed by atoms with van der Waals surface area (Å²) in [4.78, 5) is 11.6. The van der Waals surface area contributed by atoms with Gasteiger partial charge in [0.25, 0.3) is 0 Å². The molecule has 0 bridgehead atoms. The van der Waals surface area contributed by atoms with Crippen LogP contribution in [0.25, 0.3) is 0 Å². The standard InChI is InChI=1S/C15H22N2O4/c1-19-12-8-11(9-13(20-2)15(12)21-3)16-7-6-14(18)17-10-4-5-10/h8-10,16H,4-7H2,1-3H3,(H,17,18). The van der Waals surface area contributed by atoms with E-state index in [9.17, 15) is 4.79 Å². The number of methoxy groups -OCH3 is 3. The van der Waals surface area contributed by atoms with E-state index in [0.717, 1.165) is 18.5 Å². The summed E-state index contributed by atoms with van der Waals surface area (Å²) in [6.45, 7) is 0.553. The maximum atomic E-state index is 11.6. The highest BCUT2D eigenvalue weighted by Crippen LogP contribution is 2.39. The first-order chi connectivity index (χ1) is 10.2. The van der Waals surface area contributed by atoms with Gasteiger partial charge in [-0.05, 0) is 12.8 Å². The van der Waals surface area contributed by atoms with Gasteiger partial charge in [-0.3, -0.25) is 4.79 Å². The smallest absolute Gasteiger partial charge is 0.221 e. The third kappa shape index (κ3) is 4.18. The molecule has 0 atom stereocenters. The van der Waals surface area contributed by atoms with Crippen molar-refractivity contribution in [2.45, 2.75) is 25.3 Å². The highest BCUT2D eigenvalue weighted by molar-refractivity contribution is 5.77. The second kappa shape index (κ2) is 7.06. The molecule has 0 heterocycles. The number of ether oxygens (including phenoxy) is 3. The third-order valence-electron chi connectivity index (χ3n) is 3.29. The Bertz CT molecular complexity index is 475. The number of amides is 1. The van der Waals surface area contributed by atoms with Crippen molar-refractivity contribution >= 4 is 11.6 Å². The van der Waals surface area contributed by atoms with Crippen molar-refractivity contribution in [2.75, 3.05) is 33.2 Å². The Morgan fingerprint density at radius 1 is 1.14 bits per heavy atom. The lowest BCUT2D eigenvalue weighted by atomic mass is 10.2. The predicted octanol–water partition coefficient (Wildman–Crippen LogP) is 1.79. The highest BCUT2D eigenvalue weighted by Gasteiger charge is 2.22. The summed E-state index contributed by atoms with van der Waals surface area (Å²) >= 11 is 0. The molecule has 1 aliphatic rings. The molecule has 0 saturated heterocycles. The number of hydrogen-bond donors (Lipinski definition) is 2. The second-order valence-electron chi connectivity index (χ2n) is 4.93. The first-order valence-electron chi connectivity index (χ1n) is 7.01. The lowest BCUT2D eigenvalue weighted by Crippen LogP contribution is -2.27. The minimum Gasteiger partial charge on any atom is -0.493 e. The van der Waals surface area contributed by atoms with Crippen molar-refractivity contribution in [1.29, 1.82) is 0 Å². The van der Waals surface area contributed by atoms with Crippen LogP contribution in [-0.4, -0.2) is 39.8 Å². The summed E-state index contributed by atoms with van der Waals surface area (Å²) in [5.74, 6) is 1.80. The van der Waals surface area contributed by atoms with Crippen LogP contribution >= 0.6 is 0 Å². The van der Waals surface area contributed by atoms with Gasteiger partial charge in [-0.1, -0.05) is 0 Å². The first-order valence-corrected chi connectivity index (χ1v) is 7.01. The van der Waals surface area contributed by atoms with Crippen LogP contribution in [0.2, 0.25) is 0 Å². The lowest BCUT2D eigenvalue weighted by Gasteiger charge is -2.15. The van der Waals surface area contributed by atoms with E-state index < -0.39 is 0 Å². The Morgan fingerprint density at radius 2 is 1.76 bits per heavy atom. The molecule has 116 valence electrons. The zero-order valence-electron chi connectivity index (χ0n) is 12.7. The molecule has 0 spiro atoms.